The quantitative estimate of drug-likeness (QED) is 0.0958. The molecule has 2 amide bonds. The molecule has 4 rings (SSSR count). The summed E-state index contributed by atoms with van der Waals surface area (Å²) in [6, 6.07) is 10.1. The first kappa shape index (κ1) is 36.6. The minimum Gasteiger partial charge on any atom is -0.870 e. The standard InChI is InChI=1S/C18H27BN3O4.C8H7BO3.K.H2O/c1-4-5-8-21-17(23)11-22(13(2)10-20-3)18(24)14-6-7-15-12-26-19(25)16(15)9-14;10-4-6-1-2-7-5-12-9(11)8(7)3-6;;/h6-7,9,13,20,25H,1,4-5,8,10-12H2,2-3H3,(H,21,23);1-4,11H,5H2;;1H2/q-1;;+1;/p-1. The molecule has 0 fully saturated rings. The normalized spacial score (nSPS) is 13.5. The number of nitrogens with zero attached hydrogens (tertiary/aromatic N) is 1. The van der Waals surface area contributed by atoms with Crippen LogP contribution < -0.4 is 72.9 Å². The fourth-order valence-electron chi connectivity index (χ4n) is 4.22. The van der Waals surface area contributed by atoms with Gasteiger partial charge in [-0.2, -0.15) is 6.42 Å². The van der Waals surface area contributed by atoms with Crippen molar-refractivity contribution in [3.63, 3.8) is 0 Å². The number of carbonyl (C=O) groups is 3. The number of hydrogen-bond donors (Lipinski definition) is 4. The molecule has 2 heterocycles. The number of rotatable bonds is 10. The number of fused-ring (bicyclic) bond motifs is 2. The van der Waals surface area contributed by atoms with Gasteiger partial charge in [0.2, 0.25) is 5.91 Å². The van der Waals surface area contributed by atoms with Crippen LogP contribution in [0.3, 0.4) is 0 Å². The van der Waals surface area contributed by atoms with Crippen molar-refractivity contribution in [2.75, 3.05) is 26.7 Å². The van der Waals surface area contributed by atoms with Crippen molar-refractivity contribution in [1.82, 2.24) is 15.5 Å². The third-order valence-corrected chi connectivity index (χ3v) is 6.38. The van der Waals surface area contributed by atoms with Gasteiger partial charge in [-0.3, -0.25) is 14.4 Å². The summed E-state index contributed by atoms with van der Waals surface area (Å²) in [5, 5.41) is 25.0. The molecular weight excluding hydrogens is 543 g/mol. The maximum atomic E-state index is 13.0. The van der Waals surface area contributed by atoms with Crippen molar-refractivity contribution in [2.24, 2.45) is 0 Å². The van der Waals surface area contributed by atoms with Crippen LogP contribution >= 0.6 is 0 Å². The van der Waals surface area contributed by atoms with Gasteiger partial charge in [-0.1, -0.05) is 30.7 Å². The van der Waals surface area contributed by atoms with E-state index in [1.807, 2.05) is 6.92 Å². The van der Waals surface area contributed by atoms with E-state index in [4.69, 9.17) is 9.31 Å². The second kappa shape index (κ2) is 18.2. The van der Waals surface area contributed by atoms with Gasteiger partial charge in [-0.15, -0.1) is 0 Å². The van der Waals surface area contributed by atoms with E-state index in [2.05, 4.69) is 17.6 Å². The SMILES string of the molecule is O=Cc1ccc2c(c1)B(O)OC2.[CH2-]CCCNC(=O)CN(C(=O)c1ccc2c(c1)B(O)OC2)C(C)CNC.[K+].[OH-]. The van der Waals surface area contributed by atoms with E-state index in [-0.39, 0.29) is 81.3 Å². The van der Waals surface area contributed by atoms with Crippen LogP contribution in [-0.2, 0) is 27.3 Å². The van der Waals surface area contributed by atoms with Crippen LogP contribution in [0.2, 0.25) is 0 Å². The van der Waals surface area contributed by atoms with Gasteiger partial charge in [-0.25, -0.2) is 0 Å². The monoisotopic (exact) mass is 578 g/mol. The number of benzene rings is 2. The predicted octanol–water partition coefficient (Wildman–Crippen LogP) is -3.77. The molecule has 11 nitrogen and oxygen atoms in total. The van der Waals surface area contributed by atoms with Gasteiger partial charge in [0.15, 0.2) is 0 Å². The smallest absolute Gasteiger partial charge is 0.870 e. The Morgan fingerprint density at radius 3 is 2.27 bits per heavy atom. The number of likely N-dealkylation sites (N-methyl/N-ethyl adjacent to an activating group) is 1. The van der Waals surface area contributed by atoms with E-state index in [9.17, 15) is 24.4 Å². The first-order valence-electron chi connectivity index (χ1n) is 12.6. The number of hydrogen-bond acceptors (Lipinski definition) is 9. The van der Waals surface area contributed by atoms with Crippen LogP contribution in [-0.4, -0.2) is 85.5 Å². The Kier molecular flexibility index (Phi) is 16.6. The third-order valence-electron chi connectivity index (χ3n) is 6.38. The maximum absolute atomic E-state index is 13.0. The molecule has 40 heavy (non-hydrogen) atoms. The summed E-state index contributed by atoms with van der Waals surface area (Å²) in [6.07, 6.45) is 2.30. The van der Waals surface area contributed by atoms with Crippen molar-refractivity contribution in [1.29, 1.82) is 0 Å². The molecule has 0 aromatic heterocycles. The van der Waals surface area contributed by atoms with Gasteiger partial charge in [0.1, 0.15) is 12.8 Å². The fourth-order valence-corrected chi connectivity index (χ4v) is 4.22. The van der Waals surface area contributed by atoms with E-state index in [0.29, 0.717) is 48.4 Å². The van der Waals surface area contributed by atoms with Crippen LogP contribution in [0, 0.1) is 6.92 Å². The van der Waals surface area contributed by atoms with Crippen molar-refractivity contribution in [3.05, 3.63) is 65.6 Å². The zero-order valence-corrected chi connectivity index (χ0v) is 26.4. The second-order valence-corrected chi connectivity index (χ2v) is 9.21. The first-order chi connectivity index (χ1) is 18.3. The minimum absolute atomic E-state index is 0. The van der Waals surface area contributed by atoms with E-state index < -0.39 is 14.2 Å². The van der Waals surface area contributed by atoms with Crippen molar-refractivity contribution in [3.8, 4) is 0 Å². The average molecular weight is 578 g/mol. The van der Waals surface area contributed by atoms with Gasteiger partial charge in [0.25, 0.3) is 5.91 Å². The summed E-state index contributed by atoms with van der Waals surface area (Å²) in [5.74, 6) is -0.443. The second-order valence-electron chi connectivity index (χ2n) is 9.21. The molecule has 0 aliphatic carbocycles. The Morgan fingerprint density at radius 1 is 1.10 bits per heavy atom. The van der Waals surface area contributed by atoms with E-state index in [1.54, 1.807) is 48.3 Å². The maximum Gasteiger partial charge on any atom is 1.00 e. The Hall–Kier alpha value is -1.42. The number of nitrogens with one attached hydrogen (secondary N) is 2. The van der Waals surface area contributed by atoms with Gasteiger partial charge in [0, 0.05) is 30.3 Å². The Balaban J connectivity index is 0.000000479. The molecule has 14 heteroatoms. The molecule has 2 aliphatic rings. The van der Waals surface area contributed by atoms with Gasteiger partial charge in [-0.05, 0) is 48.2 Å². The molecule has 1 unspecified atom stereocenters. The van der Waals surface area contributed by atoms with Crippen LogP contribution in [0.5, 0.6) is 0 Å². The van der Waals surface area contributed by atoms with Crippen molar-refractivity contribution >= 4 is 43.3 Å². The van der Waals surface area contributed by atoms with Gasteiger partial charge >= 0.3 is 65.6 Å². The molecule has 0 saturated heterocycles. The number of carbonyl (C=O) groups excluding carboxylic acids is 3. The topological polar surface area (TPSA) is 167 Å². The first-order valence-corrected chi connectivity index (χ1v) is 12.6. The van der Waals surface area contributed by atoms with Crippen LogP contribution in [0.15, 0.2) is 36.4 Å². The third kappa shape index (κ3) is 9.84. The fraction of sp³-hybridized carbons (Fsp3) is 0.385. The molecule has 0 spiro atoms. The van der Waals surface area contributed by atoms with Crippen LogP contribution in [0.4, 0.5) is 0 Å². The average Bonchev–Trinajstić information content (AvgIpc) is 3.48. The number of unbranched alkanes of at least 4 members (excludes halogenated alkanes) is 1. The summed E-state index contributed by atoms with van der Waals surface area (Å²) >= 11 is 0. The van der Waals surface area contributed by atoms with Crippen LogP contribution in [0.1, 0.15) is 51.6 Å². The zero-order chi connectivity index (χ0) is 27.7. The van der Waals surface area contributed by atoms with Gasteiger partial charge in [0.05, 0.1) is 13.2 Å². The summed E-state index contributed by atoms with van der Waals surface area (Å²) in [6.45, 7) is 7.49. The molecule has 1 atom stereocenters. The molecule has 0 bridgehead atoms. The molecule has 2 aliphatic heterocycles. The predicted molar refractivity (Wildman–Crippen MR) is 147 cm³/mol. The summed E-state index contributed by atoms with van der Waals surface area (Å²) in [7, 11) is -0.0666. The van der Waals surface area contributed by atoms with Crippen LogP contribution in [0.25, 0.3) is 0 Å². The summed E-state index contributed by atoms with van der Waals surface area (Å²) < 4.78 is 10.1. The van der Waals surface area contributed by atoms with E-state index >= 15 is 0 Å². The van der Waals surface area contributed by atoms with E-state index in [0.717, 1.165) is 30.3 Å². The van der Waals surface area contributed by atoms with E-state index in [1.165, 1.54) is 0 Å². The molecule has 0 radical (unpaired) electrons. The Morgan fingerprint density at radius 2 is 1.70 bits per heavy atom. The molecule has 2 aromatic carbocycles. The summed E-state index contributed by atoms with van der Waals surface area (Å²) in [5.41, 5.74) is 4.14. The Labute approximate surface area is 278 Å². The number of amides is 2. The Bertz CT molecular complexity index is 1140. The molecule has 2 aromatic rings. The molecule has 5 N–H and O–H groups in total. The minimum atomic E-state index is -1.01. The van der Waals surface area contributed by atoms with Gasteiger partial charge < -0.3 is 47.3 Å². The van der Waals surface area contributed by atoms with Crippen molar-refractivity contribution in [2.45, 2.75) is 39.0 Å². The number of aldehydes is 1. The molecule has 0 saturated carbocycles. The molecule has 210 valence electrons. The molecular formula is C26H35B2KN3O8-. The van der Waals surface area contributed by atoms with Crippen molar-refractivity contribution < 1.29 is 90.6 Å². The zero-order valence-electron chi connectivity index (χ0n) is 23.3. The summed E-state index contributed by atoms with van der Waals surface area (Å²) in [4.78, 5) is 37.2. The largest absolute Gasteiger partial charge is 1.00 e.